The van der Waals surface area contributed by atoms with E-state index >= 15 is 0 Å². The summed E-state index contributed by atoms with van der Waals surface area (Å²) in [6, 6.07) is 0. The first-order valence-corrected chi connectivity index (χ1v) is 24.6. The molecule has 0 bridgehead atoms. The van der Waals surface area contributed by atoms with Crippen LogP contribution < -0.4 is 0 Å². The first kappa shape index (κ1) is 54.0. The van der Waals surface area contributed by atoms with Gasteiger partial charge in [0.2, 0.25) is 0 Å². The molecule has 3 unspecified atom stereocenters. The number of phosphoric acid groups is 2. The lowest BCUT2D eigenvalue weighted by atomic mass is 9.85. The molecule has 0 aromatic rings. The van der Waals surface area contributed by atoms with Crippen molar-refractivity contribution in [3.05, 3.63) is 0 Å². The van der Waals surface area contributed by atoms with E-state index in [-0.39, 0.29) is 12.8 Å². The maximum Gasteiger partial charge on any atom is 0.472 e. The predicted octanol–water partition coefficient (Wildman–Crippen LogP) is 7.06. The SMILES string of the molecule is CCCCCCCCCCCCCCCC(=O)O[C@H](COC(=O)CCCCCCCCCCCCC)COP(=O)(O)OC1[C@H](O)[C@H](O)C(OP(=O)(O)O)[C@H](O)[C@H]1O. The van der Waals surface area contributed by atoms with Crippen LogP contribution in [0, 0.1) is 0 Å². The number of phosphoric ester groups is 2. The third-order valence-corrected chi connectivity index (χ3v) is 11.7. The fourth-order valence-corrected chi connectivity index (χ4v) is 8.33. The number of rotatable bonds is 36. The smallest absolute Gasteiger partial charge is 0.462 e. The quantitative estimate of drug-likeness (QED) is 0.0189. The second-order valence-electron chi connectivity index (χ2n) is 15.4. The van der Waals surface area contributed by atoms with Crippen LogP contribution >= 0.6 is 15.6 Å². The van der Waals surface area contributed by atoms with Crippen molar-refractivity contribution in [3.8, 4) is 0 Å². The van der Waals surface area contributed by atoms with E-state index < -0.39 is 83.5 Å². The molecule has 338 valence electrons. The largest absolute Gasteiger partial charge is 0.472 e. The van der Waals surface area contributed by atoms with Gasteiger partial charge in [-0.05, 0) is 12.8 Å². The summed E-state index contributed by atoms with van der Waals surface area (Å²) in [6.07, 6.45) is 12.3. The Kier molecular flexibility index (Phi) is 30.2. The minimum Gasteiger partial charge on any atom is -0.462 e. The Morgan fingerprint density at radius 3 is 1.19 bits per heavy atom. The number of carbonyl (C=O) groups is 2. The van der Waals surface area contributed by atoms with Crippen molar-refractivity contribution in [2.75, 3.05) is 13.2 Å². The van der Waals surface area contributed by atoms with Crippen LogP contribution in [0.15, 0.2) is 0 Å². The van der Waals surface area contributed by atoms with E-state index in [1.165, 1.54) is 89.9 Å². The first-order chi connectivity index (χ1) is 27.1. The van der Waals surface area contributed by atoms with Crippen LogP contribution in [0.1, 0.15) is 181 Å². The molecule has 1 saturated carbocycles. The molecule has 1 aliphatic carbocycles. The molecule has 0 saturated heterocycles. The fraction of sp³-hybridized carbons (Fsp3) is 0.949. The third kappa shape index (κ3) is 26.7. The highest BCUT2D eigenvalue weighted by Crippen LogP contribution is 2.48. The Bertz CT molecular complexity index is 1120. The molecular weight excluding hydrogens is 786 g/mol. The summed E-state index contributed by atoms with van der Waals surface area (Å²) in [7, 11) is -10.6. The molecule has 8 atom stereocenters. The van der Waals surface area contributed by atoms with Gasteiger partial charge in [0.15, 0.2) is 6.10 Å². The van der Waals surface area contributed by atoms with Gasteiger partial charge in [0.1, 0.15) is 43.2 Å². The molecule has 0 heterocycles. The zero-order chi connectivity index (χ0) is 42.5. The number of aliphatic hydroxyl groups is 4. The fourth-order valence-electron chi connectivity index (χ4n) is 6.79. The molecule has 0 amide bonds. The Morgan fingerprint density at radius 2 is 0.825 bits per heavy atom. The zero-order valence-corrected chi connectivity index (χ0v) is 36.3. The van der Waals surface area contributed by atoms with Crippen molar-refractivity contribution in [1.82, 2.24) is 0 Å². The van der Waals surface area contributed by atoms with Crippen molar-refractivity contribution in [1.29, 1.82) is 0 Å². The molecular formula is C39H76O16P2. The highest BCUT2D eigenvalue weighted by Gasteiger charge is 2.54. The number of carbonyl (C=O) groups excluding carboxylic acids is 2. The second kappa shape index (κ2) is 31.8. The summed E-state index contributed by atoms with van der Waals surface area (Å²) in [5.41, 5.74) is 0. The van der Waals surface area contributed by atoms with Crippen LogP contribution in [-0.2, 0) is 41.8 Å². The van der Waals surface area contributed by atoms with E-state index in [1.807, 2.05) is 0 Å². The Labute approximate surface area is 340 Å². The molecule has 16 nitrogen and oxygen atoms in total. The molecule has 0 aliphatic heterocycles. The van der Waals surface area contributed by atoms with Crippen LogP contribution in [0.5, 0.6) is 0 Å². The van der Waals surface area contributed by atoms with E-state index in [2.05, 4.69) is 18.4 Å². The van der Waals surface area contributed by atoms with Gasteiger partial charge in [0, 0.05) is 12.8 Å². The van der Waals surface area contributed by atoms with Crippen LogP contribution in [0.4, 0.5) is 0 Å². The molecule has 7 N–H and O–H groups in total. The van der Waals surface area contributed by atoms with Crippen LogP contribution in [-0.4, -0.2) is 103 Å². The van der Waals surface area contributed by atoms with E-state index in [1.54, 1.807) is 0 Å². The number of aliphatic hydroxyl groups excluding tert-OH is 4. The van der Waals surface area contributed by atoms with Gasteiger partial charge in [-0.2, -0.15) is 0 Å². The molecule has 0 aromatic heterocycles. The standard InChI is InChI=1S/C39H76O16P2/c1-3-5-7-9-11-13-15-16-18-20-22-24-26-28-33(41)53-31(29-51-32(40)27-25-23-21-19-17-14-12-10-8-6-4-2)30-52-57(49,50)55-39-36(44)34(42)38(35(43)37(39)45)54-56(46,47)48/h31,34-39,42-45H,3-30H2,1-2H3,(H,49,50)(H2,46,47,48)/t31-,34-,35+,36-,37-,38?,39?/m1/s1. The third-order valence-electron chi connectivity index (χ3n) is 10.2. The summed E-state index contributed by atoms with van der Waals surface area (Å²) in [4.78, 5) is 53.8. The van der Waals surface area contributed by atoms with Crippen molar-refractivity contribution in [2.45, 2.75) is 224 Å². The highest BCUT2D eigenvalue weighted by molar-refractivity contribution is 7.47. The summed E-state index contributed by atoms with van der Waals surface area (Å²) in [6.45, 7) is 3.11. The zero-order valence-electron chi connectivity index (χ0n) is 34.5. The molecule has 1 rings (SSSR count). The van der Waals surface area contributed by atoms with Gasteiger partial charge in [0.25, 0.3) is 0 Å². The average Bonchev–Trinajstić information content (AvgIpc) is 3.16. The maximum absolute atomic E-state index is 12.9. The lowest BCUT2D eigenvalue weighted by Crippen LogP contribution is -2.64. The minimum absolute atomic E-state index is 0.0579. The molecule has 0 aromatic carbocycles. The number of unbranched alkanes of at least 4 members (excludes halogenated alkanes) is 22. The van der Waals surface area contributed by atoms with E-state index in [0.717, 1.165) is 51.4 Å². The van der Waals surface area contributed by atoms with Gasteiger partial charge in [0.05, 0.1) is 6.61 Å². The number of hydrogen-bond donors (Lipinski definition) is 7. The summed E-state index contributed by atoms with van der Waals surface area (Å²) in [5.74, 6) is -1.18. The lowest BCUT2D eigenvalue weighted by molar-refractivity contribution is -0.216. The van der Waals surface area contributed by atoms with Crippen LogP contribution in [0.25, 0.3) is 0 Å². The van der Waals surface area contributed by atoms with Crippen molar-refractivity contribution < 1.29 is 76.9 Å². The van der Waals surface area contributed by atoms with Crippen LogP contribution in [0.3, 0.4) is 0 Å². The van der Waals surface area contributed by atoms with E-state index in [0.29, 0.717) is 12.8 Å². The lowest BCUT2D eigenvalue weighted by Gasteiger charge is -2.43. The monoisotopic (exact) mass is 862 g/mol. The van der Waals surface area contributed by atoms with Gasteiger partial charge in [-0.25, -0.2) is 9.13 Å². The molecule has 1 fully saturated rings. The van der Waals surface area contributed by atoms with Crippen LogP contribution in [0.2, 0.25) is 0 Å². The number of esters is 2. The Balaban J connectivity index is 2.62. The van der Waals surface area contributed by atoms with Gasteiger partial charge in [-0.15, -0.1) is 0 Å². The van der Waals surface area contributed by atoms with Crippen molar-refractivity contribution in [2.24, 2.45) is 0 Å². The Morgan fingerprint density at radius 1 is 0.491 bits per heavy atom. The maximum atomic E-state index is 12.9. The van der Waals surface area contributed by atoms with Crippen molar-refractivity contribution >= 4 is 27.6 Å². The average molecular weight is 863 g/mol. The molecule has 0 spiro atoms. The van der Waals surface area contributed by atoms with E-state index in [4.69, 9.17) is 28.3 Å². The summed E-state index contributed by atoms with van der Waals surface area (Å²) >= 11 is 0. The van der Waals surface area contributed by atoms with Gasteiger partial charge < -0.3 is 44.6 Å². The first-order valence-electron chi connectivity index (χ1n) is 21.6. The van der Waals surface area contributed by atoms with Gasteiger partial charge in [-0.1, -0.05) is 155 Å². The predicted molar refractivity (Wildman–Crippen MR) is 214 cm³/mol. The molecule has 1 aliphatic rings. The molecule has 0 radical (unpaired) electrons. The normalized spacial score (nSPS) is 22.9. The summed E-state index contributed by atoms with van der Waals surface area (Å²) in [5, 5.41) is 41.3. The topological polar surface area (TPSA) is 256 Å². The molecule has 57 heavy (non-hydrogen) atoms. The number of hydrogen-bond acceptors (Lipinski definition) is 13. The minimum atomic E-state index is -5.30. The molecule has 18 heteroatoms. The van der Waals surface area contributed by atoms with Crippen molar-refractivity contribution in [3.63, 3.8) is 0 Å². The van der Waals surface area contributed by atoms with E-state index in [9.17, 15) is 44.0 Å². The number of ether oxygens (including phenoxy) is 2. The van der Waals surface area contributed by atoms with Gasteiger partial charge >= 0.3 is 27.6 Å². The second-order valence-corrected chi connectivity index (χ2v) is 18.0. The summed E-state index contributed by atoms with van der Waals surface area (Å²) < 4.78 is 49.0. The van der Waals surface area contributed by atoms with Gasteiger partial charge in [-0.3, -0.25) is 23.2 Å². The Hall–Kier alpha value is -1.00. The highest BCUT2D eigenvalue weighted by atomic mass is 31.2.